The number of carbonyl (C=O) groups excluding carboxylic acids is 1. The molecule has 2 aromatic carbocycles. The first-order valence-electron chi connectivity index (χ1n) is 9.40. The minimum absolute atomic E-state index is 0.0568. The van der Waals surface area contributed by atoms with Gasteiger partial charge in [-0.25, -0.2) is 4.39 Å². The highest BCUT2D eigenvalue weighted by Crippen LogP contribution is 2.20. The van der Waals surface area contributed by atoms with Gasteiger partial charge in [-0.05, 0) is 63.3 Å². The van der Waals surface area contributed by atoms with E-state index in [4.69, 9.17) is 0 Å². The monoisotopic (exact) mass is 379 g/mol. The molecule has 0 bridgehead atoms. The normalized spacial score (nSPS) is 11.2. The highest BCUT2D eigenvalue weighted by Gasteiger charge is 2.20. The van der Waals surface area contributed by atoms with E-state index in [9.17, 15) is 9.18 Å². The van der Waals surface area contributed by atoms with Crippen LogP contribution in [-0.4, -0.2) is 47.9 Å². The number of carbonyl (C=O) groups is 1. The third-order valence-electron chi connectivity index (χ3n) is 4.79. The number of aromatic nitrogens is 1. The largest absolute Gasteiger partial charge is 0.333 e. The molecule has 28 heavy (non-hydrogen) atoms. The van der Waals surface area contributed by atoms with Crippen molar-refractivity contribution in [1.82, 2.24) is 14.8 Å². The van der Waals surface area contributed by atoms with Gasteiger partial charge in [0.2, 0.25) is 0 Å². The van der Waals surface area contributed by atoms with Crippen LogP contribution >= 0.6 is 0 Å². The zero-order valence-electron chi connectivity index (χ0n) is 16.9. The van der Waals surface area contributed by atoms with Crippen LogP contribution in [0.3, 0.4) is 0 Å². The number of benzene rings is 2. The van der Waals surface area contributed by atoms with E-state index in [1.807, 2.05) is 57.1 Å². The second kappa shape index (κ2) is 8.48. The molecule has 1 aromatic heterocycles. The number of pyridine rings is 1. The molecule has 0 aliphatic heterocycles. The van der Waals surface area contributed by atoms with Crippen molar-refractivity contribution < 1.29 is 9.18 Å². The van der Waals surface area contributed by atoms with Crippen LogP contribution in [0, 0.1) is 19.7 Å². The summed E-state index contributed by atoms with van der Waals surface area (Å²) in [5, 5.41) is 0.953. The summed E-state index contributed by atoms with van der Waals surface area (Å²) in [6.07, 6.45) is 0. The zero-order chi connectivity index (χ0) is 20.3. The molecule has 3 aromatic rings. The van der Waals surface area contributed by atoms with Crippen LogP contribution < -0.4 is 0 Å². The van der Waals surface area contributed by atoms with Crippen molar-refractivity contribution in [2.24, 2.45) is 0 Å². The molecule has 0 saturated carbocycles. The lowest BCUT2D eigenvalue weighted by molar-refractivity contribution is 0.0731. The average molecular weight is 379 g/mol. The van der Waals surface area contributed by atoms with Gasteiger partial charge in [0.15, 0.2) is 0 Å². The Morgan fingerprint density at radius 3 is 2.39 bits per heavy atom. The summed E-state index contributed by atoms with van der Waals surface area (Å²) < 4.78 is 13.2. The fraction of sp³-hybridized carbons (Fsp3) is 0.304. The summed E-state index contributed by atoms with van der Waals surface area (Å²) in [6, 6.07) is 14.3. The average Bonchev–Trinajstić information content (AvgIpc) is 2.65. The smallest absolute Gasteiger partial charge is 0.256 e. The topological polar surface area (TPSA) is 36.4 Å². The minimum Gasteiger partial charge on any atom is -0.333 e. The van der Waals surface area contributed by atoms with E-state index in [1.54, 1.807) is 17.0 Å². The second-order valence-electron chi connectivity index (χ2n) is 7.47. The van der Waals surface area contributed by atoms with Crippen molar-refractivity contribution in [3.05, 3.63) is 76.7 Å². The summed E-state index contributed by atoms with van der Waals surface area (Å²) in [5.41, 5.74) is 4.26. The van der Waals surface area contributed by atoms with Crippen molar-refractivity contribution in [2.75, 3.05) is 27.2 Å². The maximum atomic E-state index is 13.4. The number of hydrogen-bond acceptors (Lipinski definition) is 3. The van der Waals surface area contributed by atoms with Gasteiger partial charge in [0, 0.05) is 25.0 Å². The minimum atomic E-state index is -0.278. The molecule has 1 heterocycles. The molecule has 0 fully saturated rings. The van der Waals surface area contributed by atoms with Gasteiger partial charge in [0.25, 0.3) is 5.91 Å². The van der Waals surface area contributed by atoms with Gasteiger partial charge in [-0.1, -0.05) is 24.3 Å². The Morgan fingerprint density at radius 2 is 1.71 bits per heavy atom. The van der Waals surface area contributed by atoms with Gasteiger partial charge >= 0.3 is 0 Å². The maximum Gasteiger partial charge on any atom is 0.256 e. The fourth-order valence-electron chi connectivity index (χ4n) is 3.14. The predicted octanol–water partition coefficient (Wildman–Crippen LogP) is 4.19. The number of rotatable bonds is 6. The Hall–Kier alpha value is -2.79. The maximum absolute atomic E-state index is 13.4. The van der Waals surface area contributed by atoms with Crippen molar-refractivity contribution in [3.63, 3.8) is 0 Å². The third kappa shape index (κ3) is 4.73. The molecular weight excluding hydrogens is 353 g/mol. The molecular formula is C23H26FN3O. The molecule has 5 heteroatoms. The highest BCUT2D eigenvalue weighted by molar-refractivity contribution is 5.98. The molecule has 0 unspecified atom stereocenters. The summed E-state index contributed by atoms with van der Waals surface area (Å²) in [4.78, 5) is 21.8. The first-order valence-corrected chi connectivity index (χ1v) is 9.40. The number of nitrogens with zero attached hydrogens (tertiary/aromatic N) is 3. The molecule has 0 radical (unpaired) electrons. The lowest BCUT2D eigenvalue weighted by atomic mass is 10.1. The number of likely N-dealkylation sites (N-methyl/N-ethyl adjacent to an activating group) is 1. The van der Waals surface area contributed by atoms with Crippen LogP contribution in [0.4, 0.5) is 4.39 Å². The fourth-order valence-corrected chi connectivity index (χ4v) is 3.14. The van der Waals surface area contributed by atoms with E-state index in [1.165, 1.54) is 12.1 Å². The second-order valence-corrected chi connectivity index (χ2v) is 7.47. The molecule has 4 nitrogen and oxygen atoms in total. The van der Waals surface area contributed by atoms with E-state index >= 15 is 0 Å². The molecule has 0 saturated heterocycles. The number of fused-ring (bicyclic) bond motifs is 1. The van der Waals surface area contributed by atoms with Crippen molar-refractivity contribution in [2.45, 2.75) is 20.4 Å². The summed E-state index contributed by atoms with van der Waals surface area (Å²) in [5.74, 6) is -0.335. The summed E-state index contributed by atoms with van der Waals surface area (Å²) in [6.45, 7) is 5.65. The van der Waals surface area contributed by atoms with Crippen LogP contribution in [-0.2, 0) is 6.54 Å². The molecule has 0 aliphatic carbocycles. The predicted molar refractivity (Wildman–Crippen MR) is 111 cm³/mol. The van der Waals surface area contributed by atoms with Crippen LogP contribution in [0.2, 0.25) is 0 Å². The molecule has 0 aliphatic rings. The molecule has 0 N–H and O–H groups in total. The van der Waals surface area contributed by atoms with Crippen LogP contribution in [0.1, 0.15) is 27.2 Å². The van der Waals surface area contributed by atoms with Crippen molar-refractivity contribution in [3.8, 4) is 0 Å². The molecule has 3 rings (SSSR count). The van der Waals surface area contributed by atoms with E-state index in [0.717, 1.165) is 34.3 Å². The molecule has 146 valence electrons. The standard InChI is InChI=1S/C23H26FN3O/c1-16-5-8-19-14-21(17(2)25-22(19)13-16)23(28)27(12-11-26(3)4)15-18-6-9-20(24)10-7-18/h5-10,13-14H,11-12,15H2,1-4H3. The van der Waals surface area contributed by atoms with E-state index in [2.05, 4.69) is 4.98 Å². The van der Waals surface area contributed by atoms with Gasteiger partial charge in [0.1, 0.15) is 5.82 Å². The van der Waals surface area contributed by atoms with E-state index in [0.29, 0.717) is 18.7 Å². The number of aryl methyl sites for hydroxylation is 2. The molecule has 1 amide bonds. The SMILES string of the molecule is Cc1ccc2cc(C(=O)N(CCN(C)C)Cc3ccc(F)cc3)c(C)nc2c1. The zero-order valence-corrected chi connectivity index (χ0v) is 16.9. The number of amides is 1. The van der Waals surface area contributed by atoms with Crippen LogP contribution in [0.15, 0.2) is 48.5 Å². The lowest BCUT2D eigenvalue weighted by Crippen LogP contribution is -2.36. The number of hydrogen-bond donors (Lipinski definition) is 0. The van der Waals surface area contributed by atoms with E-state index < -0.39 is 0 Å². The Kier molecular flexibility index (Phi) is 6.05. The van der Waals surface area contributed by atoms with Gasteiger partial charge in [0.05, 0.1) is 16.8 Å². The van der Waals surface area contributed by atoms with E-state index in [-0.39, 0.29) is 11.7 Å². The van der Waals surface area contributed by atoms with Gasteiger partial charge in [-0.3, -0.25) is 9.78 Å². The lowest BCUT2D eigenvalue weighted by Gasteiger charge is -2.25. The Balaban J connectivity index is 1.93. The highest BCUT2D eigenvalue weighted by atomic mass is 19.1. The third-order valence-corrected chi connectivity index (χ3v) is 4.79. The Labute approximate surface area is 165 Å². The first-order chi connectivity index (χ1) is 13.3. The van der Waals surface area contributed by atoms with Gasteiger partial charge < -0.3 is 9.80 Å². The Morgan fingerprint density at radius 1 is 1.00 bits per heavy atom. The van der Waals surface area contributed by atoms with Crippen LogP contribution in [0.5, 0.6) is 0 Å². The quantitative estimate of drug-likeness (QED) is 0.644. The first kappa shape index (κ1) is 20.0. The Bertz CT molecular complexity index is 983. The molecule has 0 spiro atoms. The van der Waals surface area contributed by atoms with Gasteiger partial charge in [-0.2, -0.15) is 0 Å². The van der Waals surface area contributed by atoms with Crippen LogP contribution in [0.25, 0.3) is 10.9 Å². The summed E-state index contributed by atoms with van der Waals surface area (Å²) >= 11 is 0. The van der Waals surface area contributed by atoms with Gasteiger partial charge in [-0.15, -0.1) is 0 Å². The summed E-state index contributed by atoms with van der Waals surface area (Å²) in [7, 11) is 3.96. The molecule has 0 atom stereocenters. The number of halogens is 1. The van der Waals surface area contributed by atoms with Crippen molar-refractivity contribution in [1.29, 1.82) is 0 Å². The van der Waals surface area contributed by atoms with Crippen molar-refractivity contribution >= 4 is 16.8 Å².